The molecule has 0 aromatic heterocycles. The second-order valence-corrected chi connectivity index (χ2v) is 27.7. The van der Waals surface area contributed by atoms with Crippen LogP contribution >= 0.6 is 11.6 Å². The number of para-hydroxylation sites is 1. The zero-order chi connectivity index (χ0) is 96.1. The van der Waals surface area contributed by atoms with Gasteiger partial charge in [-0.3, -0.25) is 19.2 Å². The number of nitrogens with one attached hydrogen (secondary N) is 4. The number of hydrogen-bond donors (Lipinski definition) is 4. The Bertz CT molecular complexity index is 5770. The highest BCUT2D eigenvalue weighted by Crippen LogP contribution is 2.25. The van der Waals surface area contributed by atoms with Gasteiger partial charge >= 0.3 is 5.97 Å². The highest BCUT2D eigenvalue weighted by molar-refractivity contribution is 6.49. The van der Waals surface area contributed by atoms with E-state index in [0.717, 1.165) is 67.3 Å². The second-order valence-electron chi connectivity index (χ2n) is 27.3. The number of carbonyl (C=O) groups is 5. The summed E-state index contributed by atoms with van der Waals surface area (Å²) in [6.07, 6.45) is 0. The number of carbonyl (C=O) groups excluding carboxylic acids is 5. The summed E-state index contributed by atoms with van der Waals surface area (Å²) in [4.78, 5) is 111. The van der Waals surface area contributed by atoms with Crippen LogP contribution in [0.2, 0.25) is 5.02 Å². The lowest BCUT2D eigenvalue weighted by Crippen LogP contribution is -2.29. The fraction of sp³-hybridized carbons (Fsp3) is 0.235. The third-order valence-electron chi connectivity index (χ3n) is 18.4. The second kappa shape index (κ2) is 57.7. The van der Waals surface area contributed by atoms with Crippen molar-refractivity contribution in [1.82, 2.24) is 21.3 Å². The first-order valence-electron chi connectivity index (χ1n) is 40.6. The monoisotopic (exact) mass is 1820 g/mol. The molecule has 0 unspecified atom stereocenters. The van der Waals surface area contributed by atoms with Crippen LogP contribution in [0.4, 0.5) is 4.39 Å². The van der Waals surface area contributed by atoms with Gasteiger partial charge in [-0.2, -0.15) is 0 Å². The first-order valence-corrected chi connectivity index (χ1v) is 40.9. The molecule has 0 atom stereocenters. The van der Waals surface area contributed by atoms with Crippen LogP contribution in [0.1, 0.15) is 110 Å². The van der Waals surface area contributed by atoms with Gasteiger partial charge in [-0.15, -0.1) is 0 Å². The molecule has 32 nitrogen and oxygen atoms in total. The van der Waals surface area contributed by atoms with E-state index < -0.39 is 11.9 Å². The molecule has 0 radical (unpaired) electrons. The largest absolute Gasteiger partial charge is 0.489 e. The highest BCUT2D eigenvalue weighted by Gasteiger charge is 2.24. The molecule has 0 heterocycles. The van der Waals surface area contributed by atoms with Crippen LogP contribution in [-0.2, 0) is 110 Å². The molecule has 0 aliphatic carbocycles. The van der Waals surface area contributed by atoms with E-state index in [9.17, 15) is 28.4 Å². The summed E-state index contributed by atoms with van der Waals surface area (Å²) in [6.45, 7) is 12.3. The van der Waals surface area contributed by atoms with Crippen molar-refractivity contribution in [3.8, 4) is 11.5 Å². The number of oxime groups is 10. The van der Waals surface area contributed by atoms with Gasteiger partial charge in [-0.25, -0.2) is 9.18 Å². The molecule has 4 N–H and O–H groups in total. The summed E-state index contributed by atoms with van der Waals surface area (Å²) in [5.41, 5.74) is 16.0. The molecule has 10 aromatic rings. The number of nitrogens with zero attached hydrogens (tertiary/aromatic N) is 10. The number of halogens is 2. The van der Waals surface area contributed by atoms with E-state index in [1.54, 1.807) is 87.6 Å². The first kappa shape index (κ1) is 105. The van der Waals surface area contributed by atoms with Crippen LogP contribution < -0.4 is 30.7 Å². The quantitative estimate of drug-likeness (QED) is 0.0160. The fourth-order valence-corrected chi connectivity index (χ4v) is 11.9. The minimum Gasteiger partial charge on any atom is -0.489 e. The molecular formula is C98H108ClFN14O18. The molecule has 10 rings (SSSR count). The standard InChI is InChI=1S/C21H23FN4O4.C21H24N4O4.C19H20ClN3O3.C19H22N2O3.C18H19NO4/c1-14(19(25-28-3)15-9-11-17(22)12-10-15)24-30-13-16-7-5-6-8-18(16)20(26-29-4)21(27)23-2;1-15(19(24-27-3)16-10-6-5-7-11-16)23-29-14-17-12-8-9-13-18(17)20(25-28-4)21(26)22-2;1-13(14-8-10-16(20)11-9-14)22-26-12-15-6-4-5-7-17(15)18(23-25-3)19(24)21-2;1-13-9-10-14(2)17(11-13)24-12-15-7-5-6-8-16(15)18(21-23-4)19(22)20-3;1-13-8-4-7-11-16(13)23-12-14-9-5-6-10-15(14)17(19-22-3)18(20)21-2/h5-12H,13H2,1-4H3,(H,23,27);5-13H,14H2,1-4H3,(H,22,26);4-11H,12H2,1-3H3,(H,21,24);5-11H,12H2,1-4H3,(H,20,22);4-11H,12H2,1-3H3/b24-14+,25-19-,26-20+;23-15+,24-19-,25-20+;22-13+,23-18+;21-18+;19-17+. The normalized spacial score (nSPS) is 11.8. The number of ether oxygens (including phenoxy) is 3. The SMILES string of the molecule is CNC(=O)/C(=N/OC)c1ccccc1CO/N=C(C)/C(=N/OC)c1ccc(F)cc1.CNC(=O)/C(=N/OC)c1ccccc1CO/N=C(C)/C(=N/OC)c1ccccc1.CNC(=O)/C(=N/OC)c1ccccc1CO/N=C(\C)c1ccc(Cl)cc1.CNC(=O)/C(=N/OC)c1ccccc1COc1cc(C)ccc1C.CO/N=C(/C(=O)OC)c1ccccc1COc1ccccc1C. The molecule has 132 heavy (non-hydrogen) atoms. The lowest BCUT2D eigenvalue weighted by Gasteiger charge is -2.13. The van der Waals surface area contributed by atoms with E-state index in [4.69, 9.17) is 74.2 Å². The molecule has 10 aromatic carbocycles. The maximum atomic E-state index is 13.2. The lowest BCUT2D eigenvalue weighted by atomic mass is 10.0. The molecule has 4 amide bonds. The molecule has 0 fully saturated rings. The predicted molar refractivity (Wildman–Crippen MR) is 508 cm³/mol. The molecule has 0 saturated heterocycles. The Morgan fingerprint density at radius 3 is 0.985 bits per heavy atom. The number of esters is 1. The highest BCUT2D eigenvalue weighted by atomic mass is 35.5. The number of benzene rings is 10. The Morgan fingerprint density at radius 2 is 0.614 bits per heavy atom. The van der Waals surface area contributed by atoms with E-state index in [1.165, 1.54) is 90.2 Å². The summed E-state index contributed by atoms with van der Waals surface area (Å²) in [5.74, 6) is -0.707. The van der Waals surface area contributed by atoms with Gasteiger partial charge in [0.15, 0.2) is 28.6 Å². The maximum Gasteiger partial charge on any atom is 0.360 e. The van der Waals surface area contributed by atoms with E-state index in [0.29, 0.717) is 80.0 Å². The van der Waals surface area contributed by atoms with Crippen LogP contribution in [0.25, 0.3) is 0 Å². The molecular weight excluding hydrogens is 1720 g/mol. The van der Waals surface area contributed by atoms with Gasteiger partial charge in [0.25, 0.3) is 23.6 Å². The van der Waals surface area contributed by atoms with Crippen molar-refractivity contribution >= 4 is 98.3 Å². The lowest BCUT2D eigenvalue weighted by molar-refractivity contribution is -0.132. The first-order chi connectivity index (χ1) is 63.9. The molecule has 692 valence electrons. The van der Waals surface area contributed by atoms with Crippen molar-refractivity contribution in [1.29, 1.82) is 0 Å². The van der Waals surface area contributed by atoms with Crippen LogP contribution in [0.3, 0.4) is 0 Å². The van der Waals surface area contributed by atoms with Crippen LogP contribution in [0, 0.1) is 26.6 Å². The van der Waals surface area contributed by atoms with E-state index in [1.807, 2.05) is 191 Å². The zero-order valence-electron chi connectivity index (χ0n) is 76.7. The Morgan fingerprint density at radius 1 is 0.311 bits per heavy atom. The third kappa shape index (κ3) is 33.0. The van der Waals surface area contributed by atoms with E-state index >= 15 is 0 Å². The minimum atomic E-state index is -0.560. The minimum absolute atomic E-state index is 0.0664. The van der Waals surface area contributed by atoms with Crippen molar-refractivity contribution in [3.05, 3.63) is 343 Å². The van der Waals surface area contributed by atoms with Gasteiger partial charge in [0, 0.05) is 88.8 Å². The molecule has 34 heteroatoms. The summed E-state index contributed by atoms with van der Waals surface area (Å²) in [6, 6.07) is 73.0. The number of amides is 4. The molecule has 0 spiro atoms. The smallest absolute Gasteiger partial charge is 0.360 e. The number of hydrogen-bond acceptors (Lipinski definition) is 28. The predicted octanol–water partition coefficient (Wildman–Crippen LogP) is 15.0. The molecule has 0 saturated carbocycles. The fourth-order valence-electron chi connectivity index (χ4n) is 11.8. The van der Waals surface area contributed by atoms with Crippen molar-refractivity contribution in [2.45, 2.75) is 74.6 Å². The maximum absolute atomic E-state index is 13.2. The Balaban J connectivity index is 0.000000255. The Labute approximate surface area is 771 Å². The van der Waals surface area contributed by atoms with Gasteiger partial charge in [0.2, 0.25) is 0 Å². The van der Waals surface area contributed by atoms with Gasteiger partial charge in [0.1, 0.15) is 123 Å². The van der Waals surface area contributed by atoms with Crippen molar-refractivity contribution < 1.29 is 90.9 Å². The van der Waals surface area contributed by atoms with E-state index in [2.05, 4.69) is 72.8 Å². The van der Waals surface area contributed by atoms with Crippen LogP contribution in [0.15, 0.2) is 294 Å². The molecule has 0 aliphatic heterocycles. The van der Waals surface area contributed by atoms with Crippen LogP contribution in [-0.4, -0.2) is 172 Å². The Kier molecular flexibility index (Phi) is 45.8. The average Bonchev–Trinajstić information content (AvgIpc) is 0.844. The van der Waals surface area contributed by atoms with E-state index in [-0.39, 0.29) is 71.9 Å². The summed E-state index contributed by atoms with van der Waals surface area (Å²) in [7, 11) is 17.3. The van der Waals surface area contributed by atoms with Gasteiger partial charge in [0.05, 0.1) is 12.8 Å². The Hall–Kier alpha value is -15.9. The number of methoxy groups -OCH3 is 1. The van der Waals surface area contributed by atoms with Crippen molar-refractivity contribution in [3.63, 3.8) is 0 Å². The summed E-state index contributed by atoms with van der Waals surface area (Å²) in [5, 5.41) is 50.4. The van der Waals surface area contributed by atoms with Gasteiger partial charge in [-0.05, 0) is 123 Å². The molecule has 0 aliphatic rings. The summed E-state index contributed by atoms with van der Waals surface area (Å²) >= 11 is 5.89. The summed E-state index contributed by atoms with van der Waals surface area (Å²) < 4.78 is 29.8. The third-order valence-corrected chi connectivity index (χ3v) is 18.6. The number of aryl methyl sites for hydroxylation is 3. The van der Waals surface area contributed by atoms with Gasteiger partial charge < -0.3 is 83.9 Å². The van der Waals surface area contributed by atoms with Crippen LogP contribution in [0.5, 0.6) is 11.5 Å². The number of likely N-dealkylation sites (N-methyl/N-ethyl adjacent to an activating group) is 4. The van der Waals surface area contributed by atoms with Gasteiger partial charge in [-0.1, -0.05) is 257 Å². The zero-order valence-corrected chi connectivity index (χ0v) is 77.5. The number of rotatable bonds is 37. The molecule has 0 bridgehead atoms. The van der Waals surface area contributed by atoms with Crippen molar-refractivity contribution in [2.75, 3.05) is 85.1 Å². The topological polar surface area (TPSA) is 377 Å². The van der Waals surface area contributed by atoms with Crippen molar-refractivity contribution in [2.24, 2.45) is 51.6 Å². The average molecular weight is 1820 g/mol.